The fraction of sp³-hybridized carbons (Fsp3) is 0.261. The first kappa shape index (κ1) is 21.2. The normalized spacial score (nSPS) is 19.6. The van der Waals surface area contributed by atoms with Crippen LogP contribution in [0.2, 0.25) is 0 Å². The van der Waals surface area contributed by atoms with Gasteiger partial charge in [-0.25, -0.2) is 9.59 Å². The maximum atomic E-state index is 13.0. The second-order valence-electron chi connectivity index (χ2n) is 8.10. The quantitative estimate of drug-likeness (QED) is 0.250. The number of nitro groups is 1. The average Bonchev–Trinajstić information content (AvgIpc) is 3.09. The van der Waals surface area contributed by atoms with Crippen molar-refractivity contribution in [2.75, 3.05) is 0 Å². The van der Waals surface area contributed by atoms with Crippen LogP contribution >= 0.6 is 0 Å². The first-order valence-electron chi connectivity index (χ1n) is 10.1. The fourth-order valence-electron chi connectivity index (χ4n) is 4.29. The molecular weight excluding hydrogens is 416 g/mol. The van der Waals surface area contributed by atoms with Crippen LogP contribution in [0, 0.1) is 22.0 Å². The molecule has 32 heavy (non-hydrogen) atoms. The molecule has 164 valence electrons. The van der Waals surface area contributed by atoms with E-state index < -0.39 is 16.9 Å². The van der Waals surface area contributed by atoms with Crippen molar-refractivity contribution in [2.45, 2.75) is 26.3 Å². The minimum absolute atomic E-state index is 0.0119. The number of rotatable bonds is 5. The highest BCUT2D eigenvalue weighted by Crippen LogP contribution is 2.48. The first-order chi connectivity index (χ1) is 15.2. The molecule has 0 aromatic heterocycles. The van der Waals surface area contributed by atoms with E-state index in [2.05, 4.69) is 0 Å². The third kappa shape index (κ3) is 3.51. The van der Waals surface area contributed by atoms with Crippen LogP contribution in [0.3, 0.4) is 0 Å². The van der Waals surface area contributed by atoms with Gasteiger partial charge in [-0.1, -0.05) is 26.0 Å². The van der Waals surface area contributed by atoms with Gasteiger partial charge in [-0.05, 0) is 47.7 Å². The van der Waals surface area contributed by atoms with Gasteiger partial charge in [0.25, 0.3) is 5.69 Å². The third-order valence-corrected chi connectivity index (χ3v) is 5.84. The molecule has 1 N–H and O–H groups in total. The standard InChI is InChI=1S/C23H20N2O7/c1-12(2)19-18-11-17(13-5-9-16(26)10-6-13)20(24(18)21(19)27)23(29)32-22(28)14-3-7-15(8-4-14)25(30)31/h3-10,12,18-19,26H,11H2,1-2H3/t18-,19-/m1/s1. The maximum Gasteiger partial charge on any atom is 0.363 e. The Morgan fingerprint density at radius 3 is 2.28 bits per heavy atom. The Balaban J connectivity index is 1.64. The summed E-state index contributed by atoms with van der Waals surface area (Å²) < 4.78 is 5.04. The molecule has 2 aromatic carbocycles. The highest BCUT2D eigenvalue weighted by molar-refractivity contribution is 6.10. The largest absolute Gasteiger partial charge is 0.508 e. The molecule has 2 atom stereocenters. The van der Waals surface area contributed by atoms with Crippen molar-refractivity contribution in [1.82, 2.24) is 4.90 Å². The Labute approximate surface area is 183 Å². The van der Waals surface area contributed by atoms with Crippen molar-refractivity contribution < 1.29 is 29.2 Å². The number of β-lactam (4-membered cyclic amide) rings is 1. The number of non-ortho nitro benzene ring substituents is 1. The molecule has 1 fully saturated rings. The molecule has 2 aliphatic rings. The molecule has 9 nitrogen and oxygen atoms in total. The van der Waals surface area contributed by atoms with Crippen molar-refractivity contribution in [3.63, 3.8) is 0 Å². The molecule has 9 heteroatoms. The number of hydrogen-bond acceptors (Lipinski definition) is 7. The van der Waals surface area contributed by atoms with Gasteiger partial charge in [0.2, 0.25) is 5.91 Å². The number of carbonyl (C=O) groups excluding carboxylic acids is 3. The lowest BCUT2D eigenvalue weighted by Gasteiger charge is -2.45. The summed E-state index contributed by atoms with van der Waals surface area (Å²) in [5, 5.41) is 20.4. The van der Waals surface area contributed by atoms with E-state index in [0.717, 1.165) is 12.1 Å². The van der Waals surface area contributed by atoms with Gasteiger partial charge in [-0.3, -0.25) is 14.9 Å². The van der Waals surface area contributed by atoms with Gasteiger partial charge in [-0.15, -0.1) is 0 Å². The number of ether oxygens (including phenoxy) is 1. The molecular formula is C23H20N2O7. The predicted octanol–water partition coefficient (Wildman–Crippen LogP) is 3.28. The number of fused-ring (bicyclic) bond motifs is 1. The molecule has 1 saturated heterocycles. The molecule has 0 unspecified atom stereocenters. The molecule has 1 amide bonds. The van der Waals surface area contributed by atoms with E-state index in [0.29, 0.717) is 17.6 Å². The van der Waals surface area contributed by atoms with E-state index in [9.17, 15) is 29.6 Å². The Kier molecular flexibility index (Phi) is 5.25. The van der Waals surface area contributed by atoms with Crippen LogP contribution in [-0.2, 0) is 14.3 Å². The summed E-state index contributed by atoms with van der Waals surface area (Å²) in [6, 6.07) is 10.7. The minimum Gasteiger partial charge on any atom is -0.508 e. The summed E-state index contributed by atoms with van der Waals surface area (Å²) in [7, 11) is 0. The van der Waals surface area contributed by atoms with Crippen LogP contribution in [0.25, 0.3) is 5.57 Å². The van der Waals surface area contributed by atoms with E-state index in [1.807, 2.05) is 13.8 Å². The number of hydrogen-bond donors (Lipinski definition) is 1. The minimum atomic E-state index is -0.973. The van der Waals surface area contributed by atoms with Gasteiger partial charge < -0.3 is 14.7 Å². The van der Waals surface area contributed by atoms with Crippen LogP contribution in [0.4, 0.5) is 5.69 Å². The van der Waals surface area contributed by atoms with E-state index in [1.165, 1.54) is 29.2 Å². The highest BCUT2D eigenvalue weighted by Gasteiger charge is 2.56. The molecule has 2 aromatic rings. The monoisotopic (exact) mass is 436 g/mol. The Bertz CT molecular complexity index is 1150. The number of benzene rings is 2. The Hall–Kier alpha value is -4.01. The van der Waals surface area contributed by atoms with Crippen molar-refractivity contribution in [3.8, 4) is 5.75 Å². The topological polar surface area (TPSA) is 127 Å². The van der Waals surface area contributed by atoms with Crippen molar-refractivity contribution in [3.05, 3.63) is 75.5 Å². The summed E-state index contributed by atoms with van der Waals surface area (Å²) in [6.07, 6.45) is 0.426. The van der Waals surface area contributed by atoms with E-state index >= 15 is 0 Å². The number of phenolic OH excluding ortho intramolecular Hbond substituents is 1. The maximum absolute atomic E-state index is 13.0. The van der Waals surface area contributed by atoms with Gasteiger partial charge in [0, 0.05) is 12.1 Å². The van der Waals surface area contributed by atoms with Crippen LogP contribution in [0.5, 0.6) is 5.75 Å². The predicted molar refractivity (Wildman–Crippen MR) is 112 cm³/mol. The lowest BCUT2D eigenvalue weighted by atomic mass is 9.78. The molecule has 2 aliphatic heterocycles. The summed E-state index contributed by atoms with van der Waals surface area (Å²) in [4.78, 5) is 49.8. The summed E-state index contributed by atoms with van der Waals surface area (Å²) in [5.74, 6) is -2.23. The molecule has 2 heterocycles. The number of phenols is 1. The highest BCUT2D eigenvalue weighted by atomic mass is 16.6. The molecule has 0 spiro atoms. The van der Waals surface area contributed by atoms with Gasteiger partial charge in [0.1, 0.15) is 11.4 Å². The van der Waals surface area contributed by atoms with Gasteiger partial charge in [0.15, 0.2) is 0 Å². The smallest absolute Gasteiger partial charge is 0.363 e. The Morgan fingerprint density at radius 2 is 1.72 bits per heavy atom. The molecule has 0 bridgehead atoms. The van der Waals surface area contributed by atoms with Crippen LogP contribution in [0.1, 0.15) is 36.2 Å². The molecule has 0 radical (unpaired) electrons. The van der Waals surface area contributed by atoms with Gasteiger partial charge in [-0.2, -0.15) is 0 Å². The van der Waals surface area contributed by atoms with Gasteiger partial charge >= 0.3 is 11.9 Å². The van der Waals surface area contributed by atoms with Crippen molar-refractivity contribution in [2.24, 2.45) is 11.8 Å². The summed E-state index contributed by atoms with van der Waals surface area (Å²) in [5.41, 5.74) is 0.989. The SMILES string of the molecule is CC(C)[C@H]1C(=O)N2C(C(=O)OC(=O)c3ccc([N+](=O)[O-])cc3)=C(c3ccc(O)cc3)C[C@H]12. The summed E-state index contributed by atoms with van der Waals surface area (Å²) in [6.45, 7) is 3.88. The van der Waals surface area contributed by atoms with E-state index in [4.69, 9.17) is 4.74 Å². The molecule has 0 saturated carbocycles. The first-order valence-corrected chi connectivity index (χ1v) is 10.1. The number of esters is 2. The fourth-order valence-corrected chi connectivity index (χ4v) is 4.29. The average molecular weight is 436 g/mol. The van der Waals surface area contributed by atoms with Crippen LogP contribution < -0.4 is 0 Å². The zero-order valence-electron chi connectivity index (χ0n) is 17.3. The van der Waals surface area contributed by atoms with Crippen LogP contribution in [0.15, 0.2) is 54.2 Å². The zero-order valence-corrected chi connectivity index (χ0v) is 17.3. The van der Waals surface area contributed by atoms with E-state index in [-0.39, 0.29) is 46.5 Å². The second-order valence-corrected chi connectivity index (χ2v) is 8.10. The zero-order chi connectivity index (χ0) is 23.2. The molecule has 0 aliphatic carbocycles. The lowest BCUT2D eigenvalue weighted by Crippen LogP contribution is -2.60. The summed E-state index contributed by atoms with van der Waals surface area (Å²) >= 11 is 0. The molecule has 4 rings (SSSR count). The van der Waals surface area contributed by atoms with Gasteiger partial charge in [0.05, 0.1) is 22.4 Å². The number of amides is 1. The number of nitrogens with zero attached hydrogens (tertiary/aromatic N) is 2. The van der Waals surface area contributed by atoms with Crippen molar-refractivity contribution in [1.29, 1.82) is 0 Å². The second kappa shape index (κ2) is 7.92. The van der Waals surface area contributed by atoms with Crippen molar-refractivity contribution >= 4 is 29.1 Å². The van der Waals surface area contributed by atoms with Crippen LogP contribution in [-0.4, -0.2) is 38.8 Å². The third-order valence-electron chi connectivity index (χ3n) is 5.84. The van der Waals surface area contributed by atoms with E-state index in [1.54, 1.807) is 12.1 Å². The number of nitro benzene ring substituents is 1. The number of aromatic hydroxyl groups is 1. The lowest BCUT2D eigenvalue weighted by molar-refractivity contribution is -0.384. The Morgan fingerprint density at radius 1 is 1.09 bits per heavy atom. The number of carbonyl (C=O) groups is 3.